The molecule has 0 bridgehead atoms. The Balaban J connectivity index is 3.02. The summed E-state index contributed by atoms with van der Waals surface area (Å²) in [6, 6.07) is 7.67. The Labute approximate surface area is 79.0 Å². The highest BCUT2D eigenvalue weighted by Crippen LogP contribution is 2.18. The van der Waals surface area contributed by atoms with Crippen molar-refractivity contribution in [1.82, 2.24) is 0 Å². The van der Waals surface area contributed by atoms with E-state index in [4.69, 9.17) is 0 Å². The molecule has 1 heteroatoms. The molecule has 0 unspecified atom stereocenters. The first-order chi connectivity index (χ1) is 6.29. The van der Waals surface area contributed by atoms with Crippen LogP contribution >= 0.6 is 0 Å². The molecule has 0 amide bonds. The van der Waals surface area contributed by atoms with Crippen LogP contribution in [-0.4, -0.2) is 5.11 Å². The van der Waals surface area contributed by atoms with Gasteiger partial charge >= 0.3 is 0 Å². The molecule has 1 rings (SSSR count). The van der Waals surface area contributed by atoms with Gasteiger partial charge < -0.3 is 5.11 Å². The van der Waals surface area contributed by atoms with E-state index in [2.05, 4.69) is 13.2 Å². The van der Waals surface area contributed by atoms with Crippen LogP contribution in [0.3, 0.4) is 0 Å². The van der Waals surface area contributed by atoms with Crippen molar-refractivity contribution in [3.8, 4) is 0 Å². The Morgan fingerprint density at radius 3 is 2.62 bits per heavy atom. The minimum atomic E-state index is 0.220. The zero-order valence-corrected chi connectivity index (χ0v) is 7.53. The van der Waals surface area contributed by atoms with Gasteiger partial charge in [0.25, 0.3) is 0 Å². The van der Waals surface area contributed by atoms with E-state index in [-0.39, 0.29) is 6.10 Å². The molecule has 1 aromatic carbocycles. The van der Waals surface area contributed by atoms with E-state index in [9.17, 15) is 5.11 Å². The Hall–Kier alpha value is -1.34. The summed E-state index contributed by atoms with van der Waals surface area (Å²) in [5.41, 5.74) is 1.90. The Kier molecular flexibility index (Phi) is 3.47. The molecule has 13 heavy (non-hydrogen) atoms. The highest BCUT2D eigenvalue weighted by atomic mass is 16.3. The van der Waals surface area contributed by atoms with E-state index < -0.39 is 0 Å². The second-order valence-electron chi connectivity index (χ2n) is 2.74. The zero-order chi connectivity index (χ0) is 9.68. The maximum atomic E-state index is 9.50. The molecular weight excluding hydrogens is 160 g/mol. The molecule has 0 spiro atoms. The molecule has 1 radical (unpaired) electrons. The second-order valence-corrected chi connectivity index (χ2v) is 2.74. The molecule has 0 atom stereocenters. The van der Waals surface area contributed by atoms with Gasteiger partial charge in [-0.25, -0.2) is 0 Å². The van der Waals surface area contributed by atoms with E-state index in [0.29, 0.717) is 0 Å². The van der Waals surface area contributed by atoms with Crippen LogP contribution in [-0.2, 0) is 6.42 Å². The standard InChI is InChI=1S/C12H13O/c1-3-7-10-8-5-6-9-11(10)12(13)4-2/h3-6,8-9,13H,1-2,7H2. The predicted octanol–water partition coefficient (Wildman–Crippen LogP) is 2.85. The minimum Gasteiger partial charge on any atom is -0.377 e. The minimum absolute atomic E-state index is 0.220. The van der Waals surface area contributed by atoms with Crippen LogP contribution in [0.25, 0.3) is 0 Å². The molecule has 1 nitrogen and oxygen atoms in total. The van der Waals surface area contributed by atoms with Crippen molar-refractivity contribution < 1.29 is 5.11 Å². The lowest BCUT2D eigenvalue weighted by Crippen LogP contribution is -1.98. The molecule has 0 saturated heterocycles. The quantitative estimate of drug-likeness (QED) is 0.694. The van der Waals surface area contributed by atoms with Gasteiger partial charge in [0.05, 0.1) is 0 Å². The average Bonchev–Trinajstić information content (AvgIpc) is 2.18. The lowest BCUT2D eigenvalue weighted by atomic mass is 10.00. The maximum Gasteiger partial charge on any atom is 0.144 e. The molecule has 0 heterocycles. The third-order valence-electron chi connectivity index (χ3n) is 1.85. The zero-order valence-electron chi connectivity index (χ0n) is 7.53. The first kappa shape index (κ1) is 9.75. The van der Waals surface area contributed by atoms with Gasteiger partial charge in [-0.3, -0.25) is 0 Å². The summed E-state index contributed by atoms with van der Waals surface area (Å²) >= 11 is 0. The van der Waals surface area contributed by atoms with Crippen LogP contribution in [0.1, 0.15) is 11.1 Å². The maximum absolute atomic E-state index is 9.50. The van der Waals surface area contributed by atoms with Crippen LogP contribution in [0.4, 0.5) is 0 Å². The fourth-order valence-corrected chi connectivity index (χ4v) is 1.21. The van der Waals surface area contributed by atoms with E-state index in [1.165, 1.54) is 6.08 Å². The van der Waals surface area contributed by atoms with Crippen molar-refractivity contribution in [2.75, 3.05) is 0 Å². The summed E-state index contributed by atoms with van der Waals surface area (Å²) in [7, 11) is 0. The molecule has 0 aliphatic carbocycles. The summed E-state index contributed by atoms with van der Waals surface area (Å²) in [4.78, 5) is 0. The first-order valence-electron chi connectivity index (χ1n) is 4.17. The van der Waals surface area contributed by atoms with Crippen LogP contribution < -0.4 is 0 Å². The number of allylic oxidation sites excluding steroid dienone is 1. The Bertz CT molecular complexity index is 302. The average molecular weight is 173 g/mol. The summed E-state index contributed by atoms with van der Waals surface area (Å²) in [5.74, 6) is 0. The number of hydrogen-bond donors (Lipinski definition) is 1. The lowest BCUT2D eigenvalue weighted by molar-refractivity contribution is 0.362. The van der Waals surface area contributed by atoms with Crippen molar-refractivity contribution in [3.05, 3.63) is 66.8 Å². The topological polar surface area (TPSA) is 20.2 Å². The second kappa shape index (κ2) is 4.63. The van der Waals surface area contributed by atoms with E-state index in [1.54, 1.807) is 0 Å². The van der Waals surface area contributed by atoms with E-state index in [1.807, 2.05) is 30.3 Å². The third-order valence-corrected chi connectivity index (χ3v) is 1.85. The smallest absolute Gasteiger partial charge is 0.144 e. The van der Waals surface area contributed by atoms with Crippen molar-refractivity contribution in [1.29, 1.82) is 0 Å². The van der Waals surface area contributed by atoms with Gasteiger partial charge in [-0.1, -0.05) is 43.0 Å². The molecule has 0 aromatic heterocycles. The SMILES string of the molecule is C=CCc1ccccc1[C](O)C=C. The summed E-state index contributed by atoms with van der Waals surface area (Å²) in [6.45, 7) is 7.19. The molecule has 1 aromatic rings. The van der Waals surface area contributed by atoms with Gasteiger partial charge in [-0.15, -0.1) is 6.58 Å². The highest BCUT2D eigenvalue weighted by Gasteiger charge is 2.07. The van der Waals surface area contributed by atoms with E-state index in [0.717, 1.165) is 17.5 Å². The largest absolute Gasteiger partial charge is 0.377 e. The molecule has 0 aliphatic heterocycles. The van der Waals surface area contributed by atoms with Crippen LogP contribution in [0, 0.1) is 6.10 Å². The van der Waals surface area contributed by atoms with Gasteiger partial charge in [0.2, 0.25) is 0 Å². The van der Waals surface area contributed by atoms with Gasteiger partial charge in [0.1, 0.15) is 6.10 Å². The number of rotatable bonds is 4. The van der Waals surface area contributed by atoms with Crippen LogP contribution in [0.15, 0.2) is 49.6 Å². The van der Waals surface area contributed by atoms with Gasteiger partial charge in [-0.2, -0.15) is 0 Å². The summed E-state index contributed by atoms with van der Waals surface area (Å²) in [5, 5.41) is 9.50. The summed E-state index contributed by atoms with van der Waals surface area (Å²) < 4.78 is 0. The highest BCUT2D eigenvalue weighted by molar-refractivity contribution is 5.40. The number of benzene rings is 1. The van der Waals surface area contributed by atoms with Crippen molar-refractivity contribution in [2.24, 2.45) is 0 Å². The van der Waals surface area contributed by atoms with Crippen molar-refractivity contribution in [3.63, 3.8) is 0 Å². The van der Waals surface area contributed by atoms with E-state index >= 15 is 0 Å². The third kappa shape index (κ3) is 2.30. The molecular formula is C12H13O. The molecule has 1 N–H and O–H groups in total. The van der Waals surface area contributed by atoms with Gasteiger partial charge in [-0.05, 0) is 17.5 Å². The number of hydrogen-bond acceptors (Lipinski definition) is 1. The Morgan fingerprint density at radius 2 is 2.00 bits per heavy atom. The van der Waals surface area contributed by atoms with Crippen molar-refractivity contribution in [2.45, 2.75) is 6.42 Å². The fourth-order valence-electron chi connectivity index (χ4n) is 1.21. The normalized spacial score (nSPS) is 10.0. The molecule has 0 fully saturated rings. The first-order valence-corrected chi connectivity index (χ1v) is 4.17. The van der Waals surface area contributed by atoms with Crippen molar-refractivity contribution >= 4 is 0 Å². The monoisotopic (exact) mass is 173 g/mol. The van der Waals surface area contributed by atoms with Crippen LogP contribution in [0.5, 0.6) is 0 Å². The lowest BCUT2D eigenvalue weighted by Gasteiger charge is -2.09. The number of aliphatic hydroxyl groups is 1. The van der Waals surface area contributed by atoms with Gasteiger partial charge in [0.15, 0.2) is 0 Å². The molecule has 0 saturated carbocycles. The Morgan fingerprint density at radius 1 is 1.31 bits per heavy atom. The predicted molar refractivity (Wildman–Crippen MR) is 54.8 cm³/mol. The summed E-state index contributed by atoms with van der Waals surface area (Å²) in [6.07, 6.45) is 4.24. The molecule has 67 valence electrons. The molecule has 0 aliphatic rings. The van der Waals surface area contributed by atoms with Gasteiger partial charge in [0, 0.05) is 0 Å². The number of aliphatic hydroxyl groups excluding tert-OH is 1. The van der Waals surface area contributed by atoms with Crippen LogP contribution in [0.2, 0.25) is 0 Å². The fraction of sp³-hybridized carbons (Fsp3) is 0.0833.